The van der Waals surface area contributed by atoms with E-state index in [0.717, 1.165) is 25.0 Å². The number of urea groups is 1. The van der Waals surface area contributed by atoms with Crippen LogP contribution in [0.2, 0.25) is 0 Å². The third-order valence-corrected chi connectivity index (χ3v) is 3.88. The van der Waals surface area contributed by atoms with Crippen LogP contribution in [0.1, 0.15) is 25.3 Å². The fraction of sp³-hybridized carbons (Fsp3) is 0.562. The SMILES string of the molecule is COc1ccc(CN(C)C(=O)NC(C)C2CCCO2)cc1O. The van der Waals surface area contributed by atoms with Crippen molar-refractivity contribution in [3.63, 3.8) is 0 Å². The van der Waals surface area contributed by atoms with Crippen LogP contribution in [-0.4, -0.2) is 48.9 Å². The van der Waals surface area contributed by atoms with Gasteiger partial charge in [-0.05, 0) is 37.5 Å². The van der Waals surface area contributed by atoms with Crippen LogP contribution in [0, 0.1) is 0 Å². The highest BCUT2D eigenvalue weighted by molar-refractivity contribution is 5.74. The molecule has 6 heteroatoms. The first kappa shape index (κ1) is 16.4. The van der Waals surface area contributed by atoms with Crippen molar-refractivity contribution in [2.75, 3.05) is 20.8 Å². The zero-order valence-electron chi connectivity index (χ0n) is 13.3. The summed E-state index contributed by atoms with van der Waals surface area (Å²) in [6.07, 6.45) is 2.13. The Hall–Kier alpha value is -1.95. The molecular formula is C16H24N2O4. The highest BCUT2D eigenvalue weighted by Crippen LogP contribution is 2.26. The number of carbonyl (C=O) groups excluding carboxylic acids is 1. The highest BCUT2D eigenvalue weighted by Gasteiger charge is 2.24. The average molecular weight is 308 g/mol. The number of methoxy groups -OCH3 is 1. The molecule has 2 atom stereocenters. The molecule has 1 aromatic rings. The molecule has 6 nitrogen and oxygen atoms in total. The van der Waals surface area contributed by atoms with E-state index in [9.17, 15) is 9.90 Å². The number of nitrogens with zero attached hydrogens (tertiary/aromatic N) is 1. The van der Waals surface area contributed by atoms with Crippen molar-refractivity contribution in [1.82, 2.24) is 10.2 Å². The first-order valence-electron chi connectivity index (χ1n) is 7.50. The van der Waals surface area contributed by atoms with Crippen LogP contribution < -0.4 is 10.1 Å². The van der Waals surface area contributed by atoms with Gasteiger partial charge in [-0.15, -0.1) is 0 Å². The summed E-state index contributed by atoms with van der Waals surface area (Å²) >= 11 is 0. The van der Waals surface area contributed by atoms with E-state index >= 15 is 0 Å². The second-order valence-corrected chi connectivity index (χ2v) is 5.65. The number of phenols is 1. The molecule has 2 rings (SSSR count). The van der Waals surface area contributed by atoms with Crippen molar-refractivity contribution in [2.24, 2.45) is 0 Å². The Labute approximate surface area is 131 Å². The van der Waals surface area contributed by atoms with Gasteiger partial charge in [0, 0.05) is 20.2 Å². The number of rotatable bonds is 5. The van der Waals surface area contributed by atoms with E-state index < -0.39 is 0 Å². The van der Waals surface area contributed by atoms with Crippen molar-refractivity contribution in [1.29, 1.82) is 0 Å². The Kier molecular flexibility index (Phi) is 5.49. The van der Waals surface area contributed by atoms with Gasteiger partial charge in [0.05, 0.1) is 19.3 Å². The summed E-state index contributed by atoms with van der Waals surface area (Å²) in [4.78, 5) is 13.8. The standard InChI is InChI=1S/C16H24N2O4/c1-11(14-5-4-8-22-14)17-16(20)18(2)10-12-6-7-15(21-3)13(19)9-12/h6-7,9,11,14,19H,4-5,8,10H2,1-3H3,(H,17,20). The number of hydrogen-bond donors (Lipinski definition) is 2. The van der Waals surface area contributed by atoms with E-state index in [2.05, 4.69) is 5.32 Å². The first-order valence-corrected chi connectivity index (χ1v) is 7.50. The molecule has 0 aromatic heterocycles. The van der Waals surface area contributed by atoms with Gasteiger partial charge in [0.15, 0.2) is 11.5 Å². The van der Waals surface area contributed by atoms with Gasteiger partial charge in [-0.3, -0.25) is 0 Å². The smallest absolute Gasteiger partial charge is 0.317 e. The second kappa shape index (κ2) is 7.35. The number of hydrogen-bond acceptors (Lipinski definition) is 4. The summed E-state index contributed by atoms with van der Waals surface area (Å²) in [5.74, 6) is 0.490. The topological polar surface area (TPSA) is 71.0 Å². The van der Waals surface area contributed by atoms with Crippen molar-refractivity contribution in [3.8, 4) is 11.5 Å². The van der Waals surface area contributed by atoms with Gasteiger partial charge in [0.1, 0.15) is 0 Å². The van der Waals surface area contributed by atoms with Crippen molar-refractivity contribution < 1.29 is 19.4 Å². The number of amides is 2. The summed E-state index contributed by atoms with van der Waals surface area (Å²) < 4.78 is 10.6. The Bertz CT molecular complexity index is 515. The third kappa shape index (κ3) is 4.04. The van der Waals surface area contributed by atoms with Gasteiger partial charge in [0.25, 0.3) is 0 Å². The molecule has 1 aliphatic heterocycles. The second-order valence-electron chi connectivity index (χ2n) is 5.65. The maximum atomic E-state index is 12.2. The van der Waals surface area contributed by atoms with Gasteiger partial charge >= 0.3 is 6.03 Å². The molecule has 0 radical (unpaired) electrons. The Morgan fingerprint density at radius 1 is 1.59 bits per heavy atom. The zero-order valence-corrected chi connectivity index (χ0v) is 13.3. The van der Waals surface area contributed by atoms with E-state index in [1.807, 2.05) is 13.0 Å². The lowest BCUT2D eigenvalue weighted by Gasteiger charge is -2.24. The number of phenolic OH excluding ortho intramolecular Hbond substituents is 1. The van der Waals surface area contributed by atoms with E-state index in [1.54, 1.807) is 24.1 Å². The van der Waals surface area contributed by atoms with E-state index in [0.29, 0.717) is 12.3 Å². The van der Waals surface area contributed by atoms with Crippen LogP contribution in [0.3, 0.4) is 0 Å². The maximum Gasteiger partial charge on any atom is 0.317 e. The lowest BCUT2D eigenvalue weighted by molar-refractivity contribution is 0.0838. The molecule has 22 heavy (non-hydrogen) atoms. The third-order valence-electron chi connectivity index (χ3n) is 3.88. The summed E-state index contributed by atoms with van der Waals surface area (Å²) in [5.41, 5.74) is 0.834. The molecule has 1 fully saturated rings. The minimum Gasteiger partial charge on any atom is -0.504 e. The fourth-order valence-electron chi connectivity index (χ4n) is 2.57. The molecule has 2 N–H and O–H groups in total. The van der Waals surface area contributed by atoms with Crippen LogP contribution in [0.5, 0.6) is 11.5 Å². The van der Waals surface area contributed by atoms with Gasteiger partial charge in [-0.1, -0.05) is 6.07 Å². The molecule has 1 aliphatic rings. The molecule has 2 amide bonds. The van der Waals surface area contributed by atoms with Crippen molar-refractivity contribution >= 4 is 6.03 Å². The monoisotopic (exact) mass is 308 g/mol. The van der Waals surface area contributed by atoms with Crippen LogP contribution in [0.25, 0.3) is 0 Å². The Morgan fingerprint density at radius 2 is 2.36 bits per heavy atom. The maximum absolute atomic E-state index is 12.2. The van der Waals surface area contributed by atoms with E-state index in [-0.39, 0.29) is 23.9 Å². The zero-order chi connectivity index (χ0) is 16.1. The first-order chi connectivity index (χ1) is 10.5. The van der Waals surface area contributed by atoms with Gasteiger partial charge < -0.3 is 24.8 Å². The normalized spacial score (nSPS) is 18.8. The molecule has 0 aliphatic carbocycles. The van der Waals surface area contributed by atoms with E-state index in [1.165, 1.54) is 7.11 Å². The quantitative estimate of drug-likeness (QED) is 0.874. The lowest BCUT2D eigenvalue weighted by atomic mass is 10.1. The summed E-state index contributed by atoms with van der Waals surface area (Å²) in [6, 6.07) is 4.95. The molecule has 0 spiro atoms. The minimum absolute atomic E-state index is 0.0123. The van der Waals surface area contributed by atoms with Crippen LogP contribution in [-0.2, 0) is 11.3 Å². The number of aromatic hydroxyl groups is 1. The largest absolute Gasteiger partial charge is 0.504 e. The Morgan fingerprint density at radius 3 is 2.95 bits per heavy atom. The van der Waals surface area contributed by atoms with Crippen molar-refractivity contribution in [2.45, 2.75) is 38.5 Å². The van der Waals surface area contributed by atoms with Gasteiger partial charge in [-0.25, -0.2) is 4.79 Å². The molecule has 1 heterocycles. The predicted molar refractivity (Wildman–Crippen MR) is 83.1 cm³/mol. The highest BCUT2D eigenvalue weighted by atomic mass is 16.5. The lowest BCUT2D eigenvalue weighted by Crippen LogP contribution is -2.46. The molecule has 0 saturated carbocycles. The number of carbonyl (C=O) groups is 1. The molecule has 1 saturated heterocycles. The van der Waals surface area contributed by atoms with Crippen LogP contribution in [0.4, 0.5) is 4.79 Å². The van der Waals surface area contributed by atoms with E-state index in [4.69, 9.17) is 9.47 Å². The molecule has 1 aromatic carbocycles. The summed E-state index contributed by atoms with van der Waals surface area (Å²) in [6.45, 7) is 3.13. The average Bonchev–Trinajstić information content (AvgIpc) is 3.01. The molecule has 122 valence electrons. The summed E-state index contributed by atoms with van der Waals surface area (Å²) in [7, 11) is 3.22. The fourth-order valence-corrected chi connectivity index (χ4v) is 2.57. The summed E-state index contributed by atoms with van der Waals surface area (Å²) in [5, 5.41) is 12.7. The van der Waals surface area contributed by atoms with Gasteiger partial charge in [-0.2, -0.15) is 0 Å². The number of benzene rings is 1. The van der Waals surface area contributed by atoms with Gasteiger partial charge in [0.2, 0.25) is 0 Å². The molecule has 0 bridgehead atoms. The number of ether oxygens (including phenoxy) is 2. The van der Waals surface area contributed by atoms with Crippen LogP contribution in [0.15, 0.2) is 18.2 Å². The van der Waals surface area contributed by atoms with Crippen molar-refractivity contribution in [3.05, 3.63) is 23.8 Å². The Balaban J connectivity index is 1.89. The molecule has 2 unspecified atom stereocenters. The molecular weight excluding hydrogens is 284 g/mol. The number of nitrogens with one attached hydrogen (secondary N) is 1. The minimum atomic E-state index is -0.154. The predicted octanol–water partition coefficient (Wildman–Crippen LogP) is 2.11. The van der Waals surface area contributed by atoms with Crippen LogP contribution >= 0.6 is 0 Å².